The predicted octanol–water partition coefficient (Wildman–Crippen LogP) is 3.83. The Bertz CT molecular complexity index is 1410. The number of imide groups is 1. The number of nitrogens with zero attached hydrogens (tertiary/aromatic N) is 1. The molecule has 2 N–H and O–H groups in total. The number of H-pyrrole nitrogens is 1. The van der Waals surface area contributed by atoms with E-state index in [1.807, 2.05) is 12.1 Å². The molecule has 1 aromatic heterocycles. The molecule has 2 aromatic carbocycles. The molecule has 2 aliphatic heterocycles. The van der Waals surface area contributed by atoms with Gasteiger partial charge in [0.2, 0.25) is 11.8 Å². The zero-order valence-corrected chi connectivity index (χ0v) is 20.3. The number of amides is 2. The second-order valence-corrected chi connectivity index (χ2v) is 12.0. The first-order valence-electron chi connectivity index (χ1n) is 11.7. The molecule has 2 amide bonds. The summed E-state index contributed by atoms with van der Waals surface area (Å²) >= 11 is 2.91. The molecule has 0 radical (unpaired) electrons. The maximum Gasteiger partial charge on any atom is 0.305 e. The number of benzene rings is 2. The molecule has 35 heavy (non-hydrogen) atoms. The minimum Gasteiger partial charge on any atom is -0.508 e. The van der Waals surface area contributed by atoms with E-state index in [2.05, 4.69) is 4.98 Å². The molecule has 7 nitrogen and oxygen atoms in total. The Labute approximate surface area is 209 Å². The van der Waals surface area contributed by atoms with Crippen molar-refractivity contribution in [1.82, 2.24) is 4.98 Å². The topological polar surface area (TPSA) is 99.7 Å². The summed E-state index contributed by atoms with van der Waals surface area (Å²) in [6, 6.07) is 14.2. The van der Waals surface area contributed by atoms with Crippen molar-refractivity contribution in [3.05, 3.63) is 68.6 Å². The van der Waals surface area contributed by atoms with Crippen molar-refractivity contribution >= 4 is 40.6 Å². The number of nitrogens with one attached hydrogen (secondary N) is 1. The van der Waals surface area contributed by atoms with Crippen LogP contribution in [0.4, 0.5) is 5.69 Å². The van der Waals surface area contributed by atoms with Gasteiger partial charge in [-0.2, -0.15) is 0 Å². The Morgan fingerprint density at radius 3 is 2.34 bits per heavy atom. The van der Waals surface area contributed by atoms with Crippen molar-refractivity contribution in [3.8, 4) is 11.5 Å². The largest absolute Gasteiger partial charge is 0.508 e. The summed E-state index contributed by atoms with van der Waals surface area (Å²) in [4.78, 5) is 45.0. The van der Waals surface area contributed by atoms with Crippen molar-refractivity contribution < 1.29 is 19.4 Å². The van der Waals surface area contributed by atoms with Crippen LogP contribution >= 0.6 is 23.1 Å². The van der Waals surface area contributed by atoms with Crippen LogP contribution in [0.5, 0.6) is 11.5 Å². The third-order valence-corrected chi connectivity index (χ3v) is 10.9. The fourth-order valence-electron chi connectivity index (χ4n) is 7.06. The number of aromatic amines is 1. The predicted molar refractivity (Wildman–Crippen MR) is 132 cm³/mol. The molecule has 0 unspecified atom stereocenters. The van der Waals surface area contributed by atoms with E-state index in [4.69, 9.17) is 4.74 Å². The van der Waals surface area contributed by atoms with Crippen LogP contribution in [0.3, 0.4) is 0 Å². The molecular formula is C26H22N2O5S2. The molecule has 4 aliphatic rings. The van der Waals surface area contributed by atoms with Crippen molar-refractivity contribution in [2.45, 2.75) is 22.6 Å². The van der Waals surface area contributed by atoms with E-state index in [9.17, 15) is 19.5 Å². The first kappa shape index (κ1) is 21.3. The highest BCUT2D eigenvalue weighted by atomic mass is 32.2. The van der Waals surface area contributed by atoms with Gasteiger partial charge in [0.05, 0.1) is 29.7 Å². The normalized spacial score (nSPS) is 32.5. The number of rotatable bonds is 3. The van der Waals surface area contributed by atoms with Crippen LogP contribution in [0, 0.1) is 29.6 Å². The Balaban J connectivity index is 1.30. The van der Waals surface area contributed by atoms with Crippen LogP contribution in [0.15, 0.2) is 58.4 Å². The number of thioether (sulfide) groups is 1. The van der Waals surface area contributed by atoms with Crippen molar-refractivity contribution in [2.75, 3.05) is 12.0 Å². The summed E-state index contributed by atoms with van der Waals surface area (Å²) in [5.74, 6) is 0.217. The second kappa shape index (κ2) is 7.48. The molecule has 2 bridgehead atoms. The smallest absolute Gasteiger partial charge is 0.305 e. The second-order valence-electron chi connectivity index (χ2n) is 9.76. The van der Waals surface area contributed by atoms with E-state index >= 15 is 0 Å². The molecule has 178 valence electrons. The lowest BCUT2D eigenvalue weighted by Gasteiger charge is -2.43. The SMILES string of the molecule is COc1ccc(N2C(=O)[C@H]3[C@@H]4C[C@H]([C@@H]3C2=O)[C@H]2[C@H](c3ccc(O)cc3)c3sc(=O)[nH]c3S[C@H]42)cc1. The number of ether oxygens (including phenoxy) is 1. The lowest BCUT2D eigenvalue weighted by atomic mass is 9.68. The van der Waals surface area contributed by atoms with E-state index in [1.54, 1.807) is 55.3 Å². The number of phenolic OH excluding ortho intramolecular Hbond substituents is 1. The first-order chi connectivity index (χ1) is 17.0. The molecule has 2 saturated carbocycles. The number of carbonyl (C=O) groups excluding carboxylic acids is 2. The number of thiazole rings is 1. The van der Waals surface area contributed by atoms with Gasteiger partial charge < -0.3 is 14.8 Å². The molecule has 0 spiro atoms. The standard InChI is InChI=1S/C26H22N2O5S2/c1-33-14-8-4-12(5-9-14)28-24(30)19-15-10-16(20(19)25(28)31)21-18(15)17(11-2-6-13(29)7-3-11)22-23(34-21)27-26(32)35-22/h2-9,15-21,29H,10H2,1H3,(H,27,32)/t15-,16-,17-,18-,19-,20-,21+/m0/s1. The van der Waals surface area contributed by atoms with Crippen LogP contribution in [0.2, 0.25) is 0 Å². The molecule has 3 aromatic rings. The van der Waals surface area contributed by atoms with Gasteiger partial charge in [-0.15, -0.1) is 11.8 Å². The average molecular weight is 507 g/mol. The van der Waals surface area contributed by atoms with Gasteiger partial charge in [0.15, 0.2) is 0 Å². The van der Waals surface area contributed by atoms with Crippen LogP contribution in [-0.4, -0.2) is 34.3 Å². The number of anilines is 1. The lowest BCUT2D eigenvalue weighted by molar-refractivity contribution is -0.123. The quantitative estimate of drug-likeness (QED) is 0.524. The number of hydrogen-bond acceptors (Lipinski definition) is 7. The Morgan fingerprint density at radius 2 is 1.66 bits per heavy atom. The Kier molecular flexibility index (Phi) is 4.54. The summed E-state index contributed by atoms with van der Waals surface area (Å²) in [5.41, 5.74) is 1.62. The van der Waals surface area contributed by atoms with Crippen LogP contribution in [0.1, 0.15) is 22.8 Å². The van der Waals surface area contributed by atoms with Crippen LogP contribution < -0.4 is 14.5 Å². The van der Waals surface area contributed by atoms with Gasteiger partial charge in [-0.1, -0.05) is 23.5 Å². The zero-order chi connectivity index (χ0) is 24.0. The number of aromatic hydroxyl groups is 1. The average Bonchev–Trinajstić information content (AvgIpc) is 3.59. The van der Waals surface area contributed by atoms with Crippen molar-refractivity contribution in [1.29, 1.82) is 0 Å². The fraction of sp³-hybridized carbons (Fsp3) is 0.346. The number of methoxy groups -OCH3 is 1. The summed E-state index contributed by atoms with van der Waals surface area (Å²) in [6.45, 7) is 0. The third kappa shape index (κ3) is 2.88. The minimum atomic E-state index is -0.340. The molecule has 7 rings (SSSR count). The highest BCUT2D eigenvalue weighted by molar-refractivity contribution is 8.00. The van der Waals surface area contributed by atoms with Crippen molar-refractivity contribution in [3.63, 3.8) is 0 Å². The van der Waals surface area contributed by atoms with Gasteiger partial charge >= 0.3 is 4.87 Å². The number of hydrogen-bond donors (Lipinski definition) is 2. The number of aromatic nitrogens is 1. The Morgan fingerprint density at radius 1 is 0.971 bits per heavy atom. The van der Waals surface area contributed by atoms with Crippen LogP contribution in [-0.2, 0) is 9.59 Å². The lowest BCUT2D eigenvalue weighted by Crippen LogP contribution is -2.42. The molecular weight excluding hydrogens is 484 g/mol. The van der Waals surface area contributed by atoms with Gasteiger partial charge in [-0.05, 0) is 66.1 Å². The van der Waals surface area contributed by atoms with E-state index in [0.29, 0.717) is 11.4 Å². The maximum atomic E-state index is 13.7. The fourth-order valence-corrected chi connectivity index (χ4v) is 9.95. The van der Waals surface area contributed by atoms with Gasteiger partial charge in [0.1, 0.15) is 11.5 Å². The van der Waals surface area contributed by atoms with Gasteiger partial charge in [-0.25, -0.2) is 0 Å². The number of carbonyl (C=O) groups is 2. The van der Waals surface area contributed by atoms with Gasteiger partial charge in [0, 0.05) is 16.0 Å². The van der Waals surface area contributed by atoms with E-state index in [1.165, 1.54) is 16.2 Å². The summed E-state index contributed by atoms with van der Waals surface area (Å²) in [6.07, 6.45) is 0.847. The summed E-state index contributed by atoms with van der Waals surface area (Å²) < 4.78 is 5.23. The first-order valence-corrected chi connectivity index (χ1v) is 13.4. The maximum absolute atomic E-state index is 13.7. The summed E-state index contributed by atoms with van der Waals surface area (Å²) in [7, 11) is 1.58. The van der Waals surface area contributed by atoms with Gasteiger partial charge in [0.25, 0.3) is 0 Å². The number of phenols is 1. The Hall–Kier alpha value is -3.04. The zero-order valence-electron chi connectivity index (χ0n) is 18.7. The minimum absolute atomic E-state index is 0.0466. The highest BCUT2D eigenvalue weighted by Crippen LogP contribution is 2.68. The van der Waals surface area contributed by atoms with Crippen LogP contribution in [0.25, 0.3) is 0 Å². The molecule has 7 atom stereocenters. The van der Waals surface area contributed by atoms with E-state index in [0.717, 1.165) is 21.9 Å². The molecule has 2 aliphatic carbocycles. The molecule has 1 saturated heterocycles. The molecule has 3 fully saturated rings. The molecule has 9 heteroatoms. The van der Waals surface area contributed by atoms with Gasteiger partial charge in [-0.3, -0.25) is 19.3 Å². The van der Waals surface area contributed by atoms with Crippen molar-refractivity contribution in [2.24, 2.45) is 29.6 Å². The number of fused-ring (bicyclic) bond motifs is 9. The van der Waals surface area contributed by atoms with E-state index < -0.39 is 0 Å². The highest BCUT2D eigenvalue weighted by Gasteiger charge is 2.69. The monoisotopic (exact) mass is 506 g/mol. The van der Waals surface area contributed by atoms with E-state index in [-0.39, 0.29) is 63.2 Å². The molecule has 3 heterocycles. The third-order valence-electron chi connectivity index (χ3n) is 8.31. The summed E-state index contributed by atoms with van der Waals surface area (Å²) in [5, 5.41) is 10.9.